The highest BCUT2D eigenvalue weighted by Gasteiger charge is 2.69. The van der Waals surface area contributed by atoms with Crippen LogP contribution in [0.4, 0.5) is 4.79 Å². The lowest BCUT2D eigenvalue weighted by Crippen LogP contribution is -2.72. The van der Waals surface area contributed by atoms with Crippen LogP contribution in [0.1, 0.15) is 72.8 Å². The first-order valence-electron chi connectivity index (χ1n) is 16.3. The number of carbonyl (C=O) groups excluding carboxylic acids is 3. The number of amides is 1. The first-order valence-corrected chi connectivity index (χ1v) is 16.3. The standard InChI is InChI=1S/C30H40O8.C5H11NO2/c1-15-21(38-27(35)19(31)11-17-9-7-6-8-10-17)13-30(36)16(2)24-18-14-37-20(18)12-22(32)29(24,5)26(34)25(33)23(15)28(30,3)4;1-2-3-4-8-5(6)7/h6-10,16,18-22,24-25,31-33,36H,11-14H2,1-5H3;2-4H2,1H3,(H2,6,7)/t16?,18?,19-,20?,21+,22+,24?,25-,29-,30-;/m1./s1. The number of aliphatic hydroxyl groups is 4. The van der Waals surface area contributed by atoms with Crippen LogP contribution in [0.15, 0.2) is 41.5 Å². The van der Waals surface area contributed by atoms with Gasteiger partial charge in [-0.05, 0) is 48.8 Å². The Morgan fingerprint density at radius 3 is 2.37 bits per heavy atom. The number of rotatable bonds is 7. The molecule has 0 aromatic heterocycles. The zero-order chi connectivity index (χ0) is 34.2. The largest absolute Gasteiger partial charge is 0.456 e. The summed E-state index contributed by atoms with van der Waals surface area (Å²) >= 11 is 0. The minimum atomic E-state index is -1.58. The second-order valence-corrected chi connectivity index (χ2v) is 14.2. The van der Waals surface area contributed by atoms with Gasteiger partial charge in [0.05, 0.1) is 36.4 Å². The average molecular weight is 646 g/mol. The number of nitrogens with two attached hydrogens (primary N) is 1. The molecular formula is C35H51NO10. The van der Waals surface area contributed by atoms with Gasteiger partial charge in [-0.1, -0.05) is 64.4 Å². The van der Waals surface area contributed by atoms with E-state index in [1.165, 1.54) is 0 Å². The van der Waals surface area contributed by atoms with Gasteiger partial charge in [-0.15, -0.1) is 0 Å². The number of hydrogen-bond donors (Lipinski definition) is 5. The van der Waals surface area contributed by atoms with Gasteiger partial charge in [-0.25, -0.2) is 9.59 Å². The molecule has 5 rings (SSSR count). The van der Waals surface area contributed by atoms with Crippen molar-refractivity contribution >= 4 is 17.8 Å². The van der Waals surface area contributed by atoms with Crippen LogP contribution in [-0.2, 0) is 30.2 Å². The molecule has 1 aromatic carbocycles. The molecule has 1 heterocycles. The third-order valence-electron chi connectivity index (χ3n) is 11.3. The monoisotopic (exact) mass is 645 g/mol. The lowest BCUT2D eigenvalue weighted by atomic mass is 9.44. The average Bonchev–Trinajstić information content (AvgIpc) is 2.99. The van der Waals surface area contributed by atoms with E-state index >= 15 is 0 Å². The van der Waals surface area contributed by atoms with Crippen molar-refractivity contribution in [2.75, 3.05) is 13.2 Å². The van der Waals surface area contributed by atoms with Crippen molar-refractivity contribution in [3.63, 3.8) is 0 Å². The molecule has 46 heavy (non-hydrogen) atoms. The van der Waals surface area contributed by atoms with Gasteiger partial charge in [0.15, 0.2) is 11.9 Å². The molecule has 2 bridgehead atoms. The normalized spacial score (nSPS) is 36.7. The minimum Gasteiger partial charge on any atom is -0.456 e. The number of ketones is 1. The van der Waals surface area contributed by atoms with Gasteiger partial charge < -0.3 is 40.4 Å². The number of carbonyl (C=O) groups is 3. The third-order valence-corrected chi connectivity index (χ3v) is 11.3. The molecule has 256 valence electrons. The Morgan fingerprint density at radius 1 is 1.15 bits per heavy atom. The molecule has 4 aliphatic rings. The molecule has 0 radical (unpaired) electrons. The SMILES string of the molecule is CC1=C2[C@@H](O)C(=O)[C@@]3(C)C(C4COC4C[C@@H]3O)C(C)[C@](O)(C[C@@H]1OC(=O)[C@H](O)Cc1ccccc1)C2(C)C.CCCCOC(N)=O. The lowest BCUT2D eigenvalue weighted by molar-refractivity contribution is -0.261. The maximum absolute atomic E-state index is 14.1. The number of fused-ring (bicyclic) bond motifs is 5. The molecule has 2 saturated carbocycles. The summed E-state index contributed by atoms with van der Waals surface area (Å²) in [6.07, 6.45) is -3.49. The number of unbranched alkanes of at least 4 members (excludes halogenated alkanes) is 1. The number of Topliss-reactive ketones (excluding diaryl/α,β-unsaturated/α-hetero) is 1. The Morgan fingerprint density at radius 2 is 1.80 bits per heavy atom. The zero-order valence-electron chi connectivity index (χ0n) is 27.8. The molecular weight excluding hydrogens is 594 g/mol. The van der Waals surface area contributed by atoms with Crippen molar-refractivity contribution in [1.29, 1.82) is 0 Å². The molecule has 1 saturated heterocycles. The number of benzene rings is 1. The van der Waals surface area contributed by atoms with Crippen LogP contribution < -0.4 is 5.73 Å². The quantitative estimate of drug-likeness (QED) is 0.168. The van der Waals surface area contributed by atoms with E-state index in [4.69, 9.17) is 9.47 Å². The van der Waals surface area contributed by atoms with Crippen LogP contribution in [0.5, 0.6) is 0 Å². The fourth-order valence-electron chi connectivity index (χ4n) is 8.48. The van der Waals surface area contributed by atoms with Crippen molar-refractivity contribution in [1.82, 2.24) is 0 Å². The molecule has 4 unspecified atom stereocenters. The molecule has 3 aliphatic carbocycles. The van der Waals surface area contributed by atoms with E-state index < -0.39 is 70.5 Å². The van der Waals surface area contributed by atoms with E-state index in [2.05, 4.69) is 10.5 Å². The molecule has 10 atom stereocenters. The predicted octanol–water partition coefficient (Wildman–Crippen LogP) is 2.84. The number of primary amides is 1. The van der Waals surface area contributed by atoms with Gasteiger partial charge >= 0.3 is 12.1 Å². The van der Waals surface area contributed by atoms with Crippen molar-refractivity contribution in [2.24, 2.45) is 34.3 Å². The summed E-state index contributed by atoms with van der Waals surface area (Å²) in [5.41, 5.74) is 2.48. The van der Waals surface area contributed by atoms with Gasteiger partial charge in [0.1, 0.15) is 12.2 Å². The molecule has 3 fully saturated rings. The molecule has 1 aromatic rings. The maximum atomic E-state index is 14.1. The van der Waals surface area contributed by atoms with Crippen LogP contribution >= 0.6 is 0 Å². The summed E-state index contributed by atoms with van der Waals surface area (Å²) in [6.45, 7) is 11.8. The molecule has 1 amide bonds. The first-order chi connectivity index (χ1) is 21.5. The highest BCUT2D eigenvalue weighted by atomic mass is 16.6. The zero-order valence-corrected chi connectivity index (χ0v) is 27.8. The third kappa shape index (κ3) is 6.24. The summed E-state index contributed by atoms with van der Waals surface area (Å²) in [7, 11) is 0. The summed E-state index contributed by atoms with van der Waals surface area (Å²) in [4.78, 5) is 36.9. The highest BCUT2D eigenvalue weighted by molar-refractivity contribution is 5.93. The minimum absolute atomic E-state index is 0.0438. The Labute approximate surface area is 271 Å². The van der Waals surface area contributed by atoms with E-state index in [-0.39, 0.29) is 24.9 Å². The van der Waals surface area contributed by atoms with Crippen molar-refractivity contribution in [3.8, 4) is 0 Å². The van der Waals surface area contributed by atoms with Crippen LogP contribution in [0, 0.1) is 28.6 Å². The number of aliphatic hydroxyl groups excluding tert-OH is 3. The Kier molecular flexibility index (Phi) is 10.7. The van der Waals surface area contributed by atoms with Crippen LogP contribution in [0.25, 0.3) is 0 Å². The predicted molar refractivity (Wildman–Crippen MR) is 168 cm³/mol. The number of ether oxygens (including phenoxy) is 3. The maximum Gasteiger partial charge on any atom is 0.404 e. The van der Waals surface area contributed by atoms with Gasteiger partial charge in [-0.2, -0.15) is 0 Å². The summed E-state index contributed by atoms with van der Waals surface area (Å²) in [6, 6.07) is 9.11. The highest BCUT2D eigenvalue weighted by Crippen LogP contribution is 2.63. The second-order valence-electron chi connectivity index (χ2n) is 14.2. The Bertz CT molecular complexity index is 1310. The summed E-state index contributed by atoms with van der Waals surface area (Å²) < 4.78 is 15.9. The van der Waals surface area contributed by atoms with E-state index in [1.54, 1.807) is 13.8 Å². The fraction of sp³-hybridized carbons (Fsp3) is 0.686. The van der Waals surface area contributed by atoms with Crippen LogP contribution in [0.2, 0.25) is 0 Å². The van der Waals surface area contributed by atoms with Gasteiger partial charge in [0, 0.05) is 30.6 Å². The summed E-state index contributed by atoms with van der Waals surface area (Å²) in [5.74, 6) is -2.29. The smallest absolute Gasteiger partial charge is 0.404 e. The topological polar surface area (TPSA) is 186 Å². The van der Waals surface area contributed by atoms with E-state index in [0.717, 1.165) is 18.4 Å². The van der Waals surface area contributed by atoms with Gasteiger partial charge in [0.2, 0.25) is 0 Å². The van der Waals surface area contributed by atoms with Gasteiger partial charge in [-0.3, -0.25) is 4.79 Å². The molecule has 11 heteroatoms. The van der Waals surface area contributed by atoms with E-state index in [0.29, 0.717) is 30.8 Å². The van der Waals surface area contributed by atoms with Crippen LogP contribution in [-0.4, -0.2) is 87.6 Å². The first kappa shape index (κ1) is 36.0. The van der Waals surface area contributed by atoms with Gasteiger partial charge in [0.25, 0.3) is 0 Å². The summed E-state index contributed by atoms with van der Waals surface area (Å²) in [5, 5.41) is 45.9. The Hall–Kier alpha value is -2.83. The molecule has 11 nitrogen and oxygen atoms in total. The molecule has 6 N–H and O–H groups in total. The number of esters is 1. The lowest BCUT2D eigenvalue weighted by Gasteiger charge is -2.64. The molecule has 1 aliphatic heterocycles. The number of hydrogen-bond acceptors (Lipinski definition) is 10. The second kappa shape index (κ2) is 13.7. The van der Waals surface area contributed by atoms with E-state index in [9.17, 15) is 34.8 Å². The van der Waals surface area contributed by atoms with Crippen LogP contribution in [0.3, 0.4) is 0 Å². The fourth-order valence-corrected chi connectivity index (χ4v) is 8.48. The van der Waals surface area contributed by atoms with Crippen molar-refractivity contribution in [3.05, 3.63) is 47.0 Å². The van der Waals surface area contributed by atoms with Crippen molar-refractivity contribution in [2.45, 2.75) is 110 Å². The molecule has 0 spiro atoms. The Balaban J connectivity index is 0.000000533. The van der Waals surface area contributed by atoms with Crippen molar-refractivity contribution < 1.29 is 49.0 Å². The van der Waals surface area contributed by atoms with E-state index in [1.807, 2.05) is 58.0 Å².